The predicted molar refractivity (Wildman–Crippen MR) is 116 cm³/mol. The highest BCUT2D eigenvalue weighted by molar-refractivity contribution is 6.42. The average Bonchev–Trinajstić information content (AvgIpc) is 2.74. The van der Waals surface area contributed by atoms with Crippen LogP contribution in [-0.4, -0.2) is 51.1 Å². The molecule has 2 rings (SSSR count). The SMILES string of the molecule is CCOC(=O)C1=C(COCCN=[N+]=[N-])N=C(C)C(C(=O)OC)C1c1cccc(Cl)c1Cl. The van der Waals surface area contributed by atoms with Crippen molar-refractivity contribution in [3.63, 3.8) is 0 Å². The predicted octanol–water partition coefficient (Wildman–Crippen LogP) is 4.48. The number of esters is 2. The number of nitrogens with zero attached hydrogens (tertiary/aromatic N) is 4. The van der Waals surface area contributed by atoms with Gasteiger partial charge in [0.1, 0.15) is 5.92 Å². The van der Waals surface area contributed by atoms with Gasteiger partial charge >= 0.3 is 11.9 Å². The zero-order valence-electron chi connectivity index (χ0n) is 17.3. The van der Waals surface area contributed by atoms with Crippen molar-refractivity contribution in [2.75, 3.05) is 33.5 Å². The molecule has 0 spiro atoms. The molecular weight excluding hydrogens is 447 g/mol. The number of carbonyl (C=O) groups excluding carboxylic acids is 2. The van der Waals surface area contributed by atoms with Gasteiger partial charge in [0.05, 0.1) is 48.2 Å². The molecule has 1 aromatic carbocycles. The number of halogens is 2. The molecule has 0 amide bonds. The van der Waals surface area contributed by atoms with Crippen molar-refractivity contribution in [2.45, 2.75) is 19.8 Å². The average molecular weight is 469 g/mol. The molecule has 31 heavy (non-hydrogen) atoms. The standard InChI is InChI=1S/C20H22Cl2N4O5/c1-4-31-20(28)17-14(10-30-9-8-24-26-23)25-11(2)15(19(27)29-3)16(17)12-6-5-7-13(21)18(12)22/h5-7,15-16H,4,8-10H2,1-3H3. The zero-order chi connectivity index (χ0) is 23.0. The second-order valence-electron chi connectivity index (χ2n) is 6.46. The van der Waals surface area contributed by atoms with Crippen LogP contribution in [0.4, 0.5) is 0 Å². The maximum Gasteiger partial charge on any atom is 0.336 e. The Morgan fingerprint density at radius 3 is 2.71 bits per heavy atom. The molecule has 2 unspecified atom stereocenters. The largest absolute Gasteiger partial charge is 0.468 e. The molecule has 0 bridgehead atoms. The molecule has 2 atom stereocenters. The summed E-state index contributed by atoms with van der Waals surface area (Å²) in [5, 5.41) is 3.89. The summed E-state index contributed by atoms with van der Waals surface area (Å²) in [6.45, 7) is 3.64. The van der Waals surface area contributed by atoms with E-state index in [0.29, 0.717) is 11.3 Å². The Morgan fingerprint density at radius 2 is 2.06 bits per heavy atom. The van der Waals surface area contributed by atoms with E-state index in [2.05, 4.69) is 15.0 Å². The van der Waals surface area contributed by atoms with Crippen LogP contribution in [0.25, 0.3) is 10.4 Å². The minimum atomic E-state index is -0.910. The number of hydrogen-bond donors (Lipinski definition) is 0. The molecule has 11 heteroatoms. The highest BCUT2D eigenvalue weighted by atomic mass is 35.5. The molecular formula is C20H22Cl2N4O5. The molecule has 0 radical (unpaired) electrons. The topological polar surface area (TPSA) is 123 Å². The van der Waals surface area contributed by atoms with Crippen molar-refractivity contribution in [1.29, 1.82) is 0 Å². The smallest absolute Gasteiger partial charge is 0.336 e. The van der Waals surface area contributed by atoms with Gasteiger partial charge in [-0.3, -0.25) is 9.79 Å². The van der Waals surface area contributed by atoms with Gasteiger partial charge in [0, 0.05) is 23.1 Å². The van der Waals surface area contributed by atoms with Crippen LogP contribution >= 0.6 is 23.2 Å². The molecule has 166 valence electrons. The molecule has 0 fully saturated rings. The number of methoxy groups -OCH3 is 1. The molecule has 0 aliphatic carbocycles. The lowest BCUT2D eigenvalue weighted by atomic mass is 9.75. The highest BCUT2D eigenvalue weighted by Gasteiger charge is 2.44. The Labute approximate surface area is 189 Å². The first-order chi connectivity index (χ1) is 14.9. The summed E-state index contributed by atoms with van der Waals surface area (Å²) in [7, 11) is 1.26. The molecule has 9 nitrogen and oxygen atoms in total. The summed E-state index contributed by atoms with van der Waals surface area (Å²) in [5.74, 6) is -2.98. The van der Waals surface area contributed by atoms with Crippen molar-refractivity contribution >= 4 is 40.9 Å². The van der Waals surface area contributed by atoms with E-state index in [1.807, 2.05) is 0 Å². The third-order valence-corrected chi connectivity index (χ3v) is 5.45. The molecule has 1 aromatic rings. The Morgan fingerprint density at radius 1 is 1.32 bits per heavy atom. The van der Waals surface area contributed by atoms with Crippen molar-refractivity contribution in [1.82, 2.24) is 0 Å². The minimum Gasteiger partial charge on any atom is -0.468 e. The van der Waals surface area contributed by atoms with Crippen LogP contribution < -0.4 is 0 Å². The van der Waals surface area contributed by atoms with Crippen molar-refractivity contribution in [3.05, 3.63) is 55.5 Å². The molecule has 1 aliphatic heterocycles. The van der Waals surface area contributed by atoms with Gasteiger partial charge in [-0.15, -0.1) is 0 Å². The normalized spacial score (nSPS) is 18.2. The summed E-state index contributed by atoms with van der Waals surface area (Å²) >= 11 is 12.7. The molecule has 1 aliphatic rings. The molecule has 0 N–H and O–H groups in total. The van der Waals surface area contributed by atoms with Gasteiger partial charge in [0.15, 0.2) is 0 Å². The first kappa shape index (κ1) is 24.7. The van der Waals surface area contributed by atoms with Gasteiger partial charge in [-0.1, -0.05) is 40.4 Å². The van der Waals surface area contributed by atoms with E-state index in [-0.39, 0.29) is 47.7 Å². The molecule has 0 saturated carbocycles. The first-order valence-electron chi connectivity index (χ1n) is 9.42. The Hall–Kier alpha value is -2.58. The number of hydrogen-bond acceptors (Lipinski definition) is 7. The zero-order valence-corrected chi connectivity index (χ0v) is 18.8. The van der Waals surface area contributed by atoms with Crippen molar-refractivity contribution in [3.8, 4) is 0 Å². The number of rotatable bonds is 9. The molecule has 1 heterocycles. The van der Waals surface area contributed by atoms with Crippen LogP contribution in [0, 0.1) is 5.92 Å². The monoisotopic (exact) mass is 468 g/mol. The van der Waals surface area contributed by atoms with Gasteiger partial charge < -0.3 is 14.2 Å². The molecule has 0 aromatic heterocycles. The van der Waals surface area contributed by atoms with Crippen LogP contribution in [0.15, 0.2) is 39.6 Å². The number of carbonyl (C=O) groups is 2. The highest BCUT2D eigenvalue weighted by Crippen LogP contribution is 2.44. The number of aliphatic imine (C=N–C) groups is 1. The Balaban J connectivity index is 2.64. The fourth-order valence-corrected chi connectivity index (χ4v) is 3.77. The van der Waals surface area contributed by atoms with Gasteiger partial charge in [-0.25, -0.2) is 4.79 Å². The van der Waals surface area contributed by atoms with Crippen LogP contribution in [0.1, 0.15) is 25.3 Å². The van der Waals surface area contributed by atoms with E-state index in [1.54, 1.807) is 32.0 Å². The summed E-state index contributed by atoms with van der Waals surface area (Å²) in [4.78, 5) is 32.8. The third kappa shape index (κ3) is 5.77. The van der Waals surface area contributed by atoms with E-state index in [0.717, 1.165) is 0 Å². The maximum atomic E-state index is 13.0. The number of azide groups is 1. The van der Waals surface area contributed by atoms with Gasteiger partial charge in [-0.2, -0.15) is 0 Å². The molecule has 0 saturated heterocycles. The maximum absolute atomic E-state index is 13.0. The van der Waals surface area contributed by atoms with Crippen LogP contribution in [0.3, 0.4) is 0 Å². The number of benzene rings is 1. The van der Waals surface area contributed by atoms with E-state index < -0.39 is 23.8 Å². The summed E-state index contributed by atoms with van der Waals surface area (Å²) in [5.41, 5.74) is 9.70. The quantitative estimate of drug-likeness (QED) is 0.173. The van der Waals surface area contributed by atoms with E-state index in [4.69, 9.17) is 42.9 Å². The number of ether oxygens (including phenoxy) is 3. The van der Waals surface area contributed by atoms with Gasteiger partial charge in [0.2, 0.25) is 0 Å². The summed E-state index contributed by atoms with van der Waals surface area (Å²) in [6, 6.07) is 4.97. The second-order valence-corrected chi connectivity index (χ2v) is 7.25. The second kappa shape index (κ2) is 11.7. The lowest BCUT2D eigenvalue weighted by molar-refractivity contribution is -0.144. The minimum absolute atomic E-state index is 0.0605. The van der Waals surface area contributed by atoms with Crippen LogP contribution in [0.5, 0.6) is 0 Å². The van der Waals surface area contributed by atoms with Crippen molar-refractivity contribution in [2.24, 2.45) is 16.0 Å². The first-order valence-corrected chi connectivity index (χ1v) is 10.2. The van der Waals surface area contributed by atoms with Gasteiger partial charge in [0.25, 0.3) is 0 Å². The fourth-order valence-electron chi connectivity index (χ4n) is 3.34. The van der Waals surface area contributed by atoms with Crippen molar-refractivity contribution < 1.29 is 23.8 Å². The third-order valence-electron chi connectivity index (χ3n) is 4.62. The van der Waals surface area contributed by atoms with E-state index in [1.165, 1.54) is 7.11 Å². The van der Waals surface area contributed by atoms with E-state index in [9.17, 15) is 9.59 Å². The van der Waals surface area contributed by atoms with Crippen LogP contribution in [-0.2, 0) is 23.8 Å². The lowest BCUT2D eigenvalue weighted by Crippen LogP contribution is -2.37. The summed E-state index contributed by atoms with van der Waals surface area (Å²) in [6.07, 6.45) is 0. The fraction of sp³-hybridized carbons (Fsp3) is 0.450. The van der Waals surface area contributed by atoms with Crippen LogP contribution in [0.2, 0.25) is 10.0 Å². The lowest BCUT2D eigenvalue weighted by Gasteiger charge is -2.32. The van der Waals surface area contributed by atoms with E-state index >= 15 is 0 Å². The van der Waals surface area contributed by atoms with Gasteiger partial charge in [-0.05, 0) is 31.0 Å². The summed E-state index contributed by atoms with van der Waals surface area (Å²) < 4.78 is 15.8. The Bertz CT molecular complexity index is 957. The Kier molecular flexibility index (Phi) is 9.33.